The molecule has 1 unspecified atom stereocenters. The van der Waals surface area contributed by atoms with Crippen LogP contribution in [-0.4, -0.2) is 22.7 Å². The Morgan fingerprint density at radius 1 is 1.80 bits per heavy atom. The summed E-state index contributed by atoms with van der Waals surface area (Å²) in [5, 5.41) is 10.8. The molecule has 0 fully saturated rings. The number of hydrogen-bond acceptors (Lipinski definition) is 4. The van der Waals surface area contributed by atoms with Crippen LogP contribution in [0.1, 0.15) is 13.3 Å². The molecule has 0 amide bonds. The highest BCUT2D eigenvalue weighted by Crippen LogP contribution is 2.43. The SMILES string of the molecule is CC/C(=N/O)P(=O)(O)OC. The van der Waals surface area contributed by atoms with Crippen LogP contribution < -0.4 is 0 Å². The minimum absolute atomic E-state index is 0.193. The summed E-state index contributed by atoms with van der Waals surface area (Å²) in [7, 11) is -2.70. The van der Waals surface area contributed by atoms with Crippen LogP contribution in [0.15, 0.2) is 5.16 Å². The fourth-order valence-electron chi connectivity index (χ4n) is 0.432. The van der Waals surface area contributed by atoms with Gasteiger partial charge in [0.25, 0.3) is 0 Å². The molecule has 0 heterocycles. The summed E-state index contributed by atoms with van der Waals surface area (Å²) in [5.74, 6) is 0. The molecule has 6 heteroatoms. The van der Waals surface area contributed by atoms with Crippen molar-refractivity contribution in [1.82, 2.24) is 0 Å². The highest BCUT2D eigenvalue weighted by atomic mass is 31.2. The molecule has 0 saturated carbocycles. The van der Waals surface area contributed by atoms with Gasteiger partial charge in [-0.2, -0.15) is 0 Å². The molecule has 0 spiro atoms. The van der Waals surface area contributed by atoms with E-state index in [0.717, 1.165) is 7.11 Å². The molecule has 0 saturated heterocycles. The first kappa shape index (κ1) is 9.62. The van der Waals surface area contributed by atoms with E-state index >= 15 is 0 Å². The average Bonchev–Trinajstić information content (AvgIpc) is 1.90. The summed E-state index contributed by atoms with van der Waals surface area (Å²) in [6.45, 7) is 1.59. The van der Waals surface area contributed by atoms with Crippen molar-refractivity contribution in [2.45, 2.75) is 13.3 Å². The minimum Gasteiger partial charge on any atom is -0.410 e. The van der Waals surface area contributed by atoms with Crippen molar-refractivity contribution >= 4 is 13.0 Å². The lowest BCUT2D eigenvalue weighted by atomic mass is 10.5. The molecule has 0 aromatic rings. The van der Waals surface area contributed by atoms with Crippen LogP contribution in [0.2, 0.25) is 0 Å². The molecule has 0 aromatic carbocycles. The van der Waals surface area contributed by atoms with Gasteiger partial charge in [-0.05, 0) is 6.42 Å². The number of nitrogens with zero attached hydrogens (tertiary/aromatic N) is 1. The molecule has 5 nitrogen and oxygen atoms in total. The summed E-state index contributed by atoms with van der Waals surface area (Å²) in [6.07, 6.45) is 0.193. The number of oxime groups is 1. The molecule has 0 bridgehead atoms. The Morgan fingerprint density at radius 3 is 2.40 bits per heavy atom. The van der Waals surface area contributed by atoms with E-state index in [9.17, 15) is 4.57 Å². The van der Waals surface area contributed by atoms with Gasteiger partial charge < -0.3 is 14.6 Å². The third kappa shape index (κ3) is 2.10. The van der Waals surface area contributed by atoms with E-state index < -0.39 is 7.60 Å². The van der Waals surface area contributed by atoms with Crippen LogP contribution >= 0.6 is 7.60 Å². The van der Waals surface area contributed by atoms with Crippen LogP contribution in [0.4, 0.5) is 0 Å². The first-order valence-corrected chi connectivity index (χ1v) is 4.26. The Kier molecular flexibility index (Phi) is 3.57. The molecule has 0 aliphatic carbocycles. The quantitative estimate of drug-likeness (QED) is 0.284. The van der Waals surface area contributed by atoms with E-state index in [-0.39, 0.29) is 11.9 Å². The third-order valence-corrected chi connectivity index (χ3v) is 2.56. The van der Waals surface area contributed by atoms with Crippen molar-refractivity contribution in [1.29, 1.82) is 0 Å². The molecular weight excluding hydrogens is 157 g/mol. The second kappa shape index (κ2) is 3.71. The van der Waals surface area contributed by atoms with Crippen LogP contribution in [0.3, 0.4) is 0 Å². The average molecular weight is 167 g/mol. The van der Waals surface area contributed by atoms with E-state index in [1.54, 1.807) is 6.92 Å². The summed E-state index contributed by atoms with van der Waals surface area (Å²) >= 11 is 0. The maximum absolute atomic E-state index is 10.8. The van der Waals surface area contributed by atoms with E-state index in [2.05, 4.69) is 9.68 Å². The zero-order chi connectivity index (χ0) is 8.20. The van der Waals surface area contributed by atoms with Gasteiger partial charge in [-0.25, -0.2) is 0 Å². The summed E-state index contributed by atoms with van der Waals surface area (Å²) in [5.41, 5.74) is -0.227. The Morgan fingerprint density at radius 2 is 2.30 bits per heavy atom. The summed E-state index contributed by atoms with van der Waals surface area (Å²) < 4.78 is 15.0. The Balaban J connectivity index is 4.45. The molecule has 2 N–H and O–H groups in total. The van der Waals surface area contributed by atoms with Gasteiger partial charge in [0.15, 0.2) is 5.45 Å². The van der Waals surface area contributed by atoms with E-state index in [1.165, 1.54) is 0 Å². The van der Waals surface area contributed by atoms with Gasteiger partial charge in [0.2, 0.25) is 0 Å². The second-order valence-electron chi connectivity index (χ2n) is 1.57. The van der Waals surface area contributed by atoms with E-state index in [1.807, 2.05) is 0 Å². The van der Waals surface area contributed by atoms with Crippen molar-refractivity contribution in [3.8, 4) is 0 Å². The molecule has 0 aliphatic heterocycles. The van der Waals surface area contributed by atoms with Crippen molar-refractivity contribution in [2.75, 3.05) is 7.11 Å². The molecule has 0 rings (SSSR count). The topological polar surface area (TPSA) is 79.1 Å². The van der Waals surface area contributed by atoms with Gasteiger partial charge >= 0.3 is 7.60 Å². The largest absolute Gasteiger partial charge is 0.410 e. The summed E-state index contributed by atoms with van der Waals surface area (Å²) in [6, 6.07) is 0. The van der Waals surface area contributed by atoms with Gasteiger partial charge in [-0.1, -0.05) is 12.1 Å². The zero-order valence-electron chi connectivity index (χ0n) is 5.81. The normalized spacial score (nSPS) is 18.5. The van der Waals surface area contributed by atoms with Crippen molar-refractivity contribution < 1.29 is 19.2 Å². The predicted molar refractivity (Wildman–Crippen MR) is 36.3 cm³/mol. The monoisotopic (exact) mass is 167 g/mol. The number of rotatable bonds is 3. The van der Waals surface area contributed by atoms with Crippen molar-refractivity contribution in [2.24, 2.45) is 5.16 Å². The minimum atomic E-state index is -3.78. The maximum Gasteiger partial charge on any atom is 0.375 e. The van der Waals surface area contributed by atoms with Gasteiger partial charge in [-0.15, -0.1) is 0 Å². The molecule has 10 heavy (non-hydrogen) atoms. The Bertz CT molecular complexity index is 178. The lowest BCUT2D eigenvalue weighted by Gasteiger charge is -2.06. The fraction of sp³-hybridized carbons (Fsp3) is 0.750. The second-order valence-corrected chi connectivity index (χ2v) is 3.49. The van der Waals surface area contributed by atoms with Gasteiger partial charge in [0.05, 0.1) is 0 Å². The van der Waals surface area contributed by atoms with Gasteiger partial charge in [0.1, 0.15) is 0 Å². The third-order valence-electron chi connectivity index (χ3n) is 1.01. The lowest BCUT2D eigenvalue weighted by molar-refractivity contribution is 0.307. The zero-order valence-corrected chi connectivity index (χ0v) is 6.71. The Hall–Kier alpha value is -0.380. The van der Waals surface area contributed by atoms with Gasteiger partial charge in [0, 0.05) is 7.11 Å². The van der Waals surface area contributed by atoms with Crippen LogP contribution in [-0.2, 0) is 9.09 Å². The van der Waals surface area contributed by atoms with E-state index in [0.29, 0.717) is 0 Å². The van der Waals surface area contributed by atoms with Crippen LogP contribution in [0.25, 0.3) is 0 Å². The van der Waals surface area contributed by atoms with Crippen molar-refractivity contribution in [3.63, 3.8) is 0 Å². The molecule has 0 aliphatic rings. The molecule has 60 valence electrons. The maximum atomic E-state index is 10.8. The molecule has 0 aromatic heterocycles. The van der Waals surface area contributed by atoms with Gasteiger partial charge in [-0.3, -0.25) is 4.57 Å². The van der Waals surface area contributed by atoms with Crippen LogP contribution in [0.5, 0.6) is 0 Å². The van der Waals surface area contributed by atoms with Crippen molar-refractivity contribution in [3.05, 3.63) is 0 Å². The highest BCUT2D eigenvalue weighted by Gasteiger charge is 2.24. The summed E-state index contributed by atoms with van der Waals surface area (Å²) in [4.78, 5) is 8.83. The Labute approximate surface area is 58.8 Å². The lowest BCUT2D eigenvalue weighted by Crippen LogP contribution is -1.99. The predicted octanol–water partition coefficient (Wildman–Crippen LogP) is 1.02. The van der Waals surface area contributed by atoms with E-state index in [4.69, 9.17) is 10.1 Å². The number of hydrogen-bond donors (Lipinski definition) is 2. The fourth-order valence-corrected chi connectivity index (χ4v) is 1.16. The molecule has 1 atom stereocenters. The first-order valence-electron chi connectivity index (χ1n) is 2.68. The standard InChI is InChI=1S/C4H10NO4P/c1-3-4(5-6)10(7,8)9-2/h6H,3H2,1-2H3,(H,7,8)/b5-4-. The first-order chi connectivity index (χ1) is 4.58. The molecular formula is C4H10NO4P. The van der Waals surface area contributed by atoms with Crippen LogP contribution in [0, 0.1) is 0 Å². The smallest absolute Gasteiger partial charge is 0.375 e. The highest BCUT2D eigenvalue weighted by molar-refractivity contribution is 7.71. The molecule has 0 radical (unpaired) electrons.